The maximum atomic E-state index is 13.1. The molecule has 0 saturated carbocycles. The number of halogens is 4. The monoisotopic (exact) mass is 467 g/mol. The molecule has 1 amide bonds. The Morgan fingerprint density at radius 1 is 0.759 bits per heavy atom. The molecule has 0 aliphatic rings. The lowest BCUT2D eigenvalue weighted by Gasteiger charge is -2.29. The van der Waals surface area contributed by atoms with E-state index in [-0.39, 0.29) is 16.9 Å². The first kappa shape index (κ1) is 23.4. The SMILES string of the molecule is O=C(CF)NC(=C(Cl)Cl)[P+](c1ccccc1)(c1ccccc1)c1ccccc1.[Cl-]. The average Bonchev–Trinajstić information content (AvgIpc) is 2.75. The molecule has 0 spiro atoms. The Balaban J connectivity index is 0.00000300. The highest BCUT2D eigenvalue weighted by molar-refractivity contribution is 7.99. The van der Waals surface area contributed by atoms with Crippen LogP contribution in [0.1, 0.15) is 0 Å². The van der Waals surface area contributed by atoms with Crippen LogP contribution in [0.4, 0.5) is 4.39 Å². The fraction of sp³-hybridized carbons (Fsp3) is 0.0455. The Bertz CT molecular complexity index is 868. The second-order valence-electron chi connectivity index (χ2n) is 5.97. The van der Waals surface area contributed by atoms with Gasteiger partial charge in [0, 0.05) is 0 Å². The maximum Gasteiger partial charge on any atom is 0.258 e. The van der Waals surface area contributed by atoms with Gasteiger partial charge in [0.15, 0.2) is 18.4 Å². The largest absolute Gasteiger partial charge is 1.00 e. The van der Waals surface area contributed by atoms with Crippen molar-refractivity contribution in [3.05, 3.63) is 101 Å². The second-order valence-corrected chi connectivity index (χ2v) is 10.3. The Hall–Kier alpha value is -1.90. The molecule has 0 aliphatic heterocycles. The van der Waals surface area contributed by atoms with Crippen LogP contribution in [0.5, 0.6) is 0 Å². The van der Waals surface area contributed by atoms with Gasteiger partial charge >= 0.3 is 0 Å². The number of rotatable bonds is 6. The molecule has 0 fully saturated rings. The molecule has 0 unspecified atom stereocenters. The number of carbonyl (C=O) groups excluding carboxylic acids is 1. The first-order chi connectivity index (χ1) is 13.6. The lowest BCUT2D eigenvalue weighted by Crippen LogP contribution is -3.00. The van der Waals surface area contributed by atoms with E-state index in [4.69, 9.17) is 23.2 Å². The highest BCUT2D eigenvalue weighted by atomic mass is 35.5. The first-order valence-corrected chi connectivity index (χ1v) is 11.1. The van der Waals surface area contributed by atoms with E-state index in [1.807, 2.05) is 91.0 Å². The summed E-state index contributed by atoms with van der Waals surface area (Å²) in [7, 11) is -2.67. The van der Waals surface area contributed by atoms with Gasteiger partial charge in [0.2, 0.25) is 5.44 Å². The van der Waals surface area contributed by atoms with E-state index in [0.717, 1.165) is 15.9 Å². The highest BCUT2D eigenvalue weighted by Crippen LogP contribution is 2.62. The molecule has 0 saturated heterocycles. The van der Waals surface area contributed by atoms with Gasteiger partial charge in [-0.1, -0.05) is 77.8 Å². The van der Waals surface area contributed by atoms with Crippen molar-refractivity contribution in [2.24, 2.45) is 0 Å². The molecule has 0 aromatic heterocycles. The zero-order valence-corrected chi connectivity index (χ0v) is 18.4. The highest BCUT2D eigenvalue weighted by Gasteiger charge is 2.52. The maximum absolute atomic E-state index is 13.1. The van der Waals surface area contributed by atoms with E-state index in [1.54, 1.807) is 0 Å². The Morgan fingerprint density at radius 2 is 1.10 bits per heavy atom. The summed E-state index contributed by atoms with van der Waals surface area (Å²) in [6.07, 6.45) is 0. The predicted molar refractivity (Wildman–Crippen MR) is 118 cm³/mol. The van der Waals surface area contributed by atoms with Gasteiger partial charge in [-0.3, -0.25) is 10.1 Å². The third-order valence-corrected chi connectivity index (χ3v) is 9.19. The van der Waals surface area contributed by atoms with Crippen LogP contribution in [-0.2, 0) is 4.79 Å². The summed E-state index contributed by atoms with van der Waals surface area (Å²) < 4.78 is 13.0. The van der Waals surface area contributed by atoms with E-state index in [2.05, 4.69) is 5.32 Å². The molecule has 0 bridgehead atoms. The minimum atomic E-state index is -2.67. The van der Waals surface area contributed by atoms with Crippen LogP contribution >= 0.6 is 30.5 Å². The number of hydrogen-bond acceptors (Lipinski definition) is 1. The molecule has 2 nitrogen and oxygen atoms in total. The predicted octanol–water partition coefficient (Wildman–Crippen LogP) is 1.67. The van der Waals surface area contributed by atoms with Gasteiger partial charge in [-0.25, -0.2) is 4.39 Å². The molecule has 3 rings (SSSR count). The van der Waals surface area contributed by atoms with Crippen molar-refractivity contribution in [2.75, 3.05) is 6.67 Å². The molecule has 3 aromatic rings. The van der Waals surface area contributed by atoms with Gasteiger partial charge in [-0.2, -0.15) is 0 Å². The van der Waals surface area contributed by atoms with E-state index < -0.39 is 19.8 Å². The minimum Gasteiger partial charge on any atom is -1.00 e. The van der Waals surface area contributed by atoms with E-state index in [1.165, 1.54) is 0 Å². The number of hydrogen-bond donors (Lipinski definition) is 1. The van der Waals surface area contributed by atoms with Crippen LogP contribution in [0.3, 0.4) is 0 Å². The molecule has 150 valence electrons. The van der Waals surface area contributed by atoms with E-state index in [0.29, 0.717) is 5.44 Å². The molecule has 7 heteroatoms. The van der Waals surface area contributed by atoms with Crippen molar-refractivity contribution in [3.63, 3.8) is 0 Å². The summed E-state index contributed by atoms with van der Waals surface area (Å²) in [4.78, 5) is 12.0. The Kier molecular flexibility index (Phi) is 8.67. The zero-order valence-electron chi connectivity index (χ0n) is 15.2. The van der Waals surface area contributed by atoms with Crippen LogP contribution in [-0.4, -0.2) is 12.6 Å². The van der Waals surface area contributed by atoms with Gasteiger partial charge in [-0.05, 0) is 36.4 Å². The Labute approximate surface area is 186 Å². The van der Waals surface area contributed by atoms with Crippen LogP contribution in [0.25, 0.3) is 0 Å². The summed E-state index contributed by atoms with van der Waals surface area (Å²) in [5.74, 6) is -0.791. The molecule has 0 atom stereocenters. The molecule has 29 heavy (non-hydrogen) atoms. The van der Waals surface area contributed by atoms with Gasteiger partial charge in [0.05, 0.1) is 0 Å². The van der Waals surface area contributed by atoms with Crippen molar-refractivity contribution in [2.45, 2.75) is 0 Å². The Morgan fingerprint density at radius 3 is 1.38 bits per heavy atom. The third-order valence-electron chi connectivity index (χ3n) is 4.32. The summed E-state index contributed by atoms with van der Waals surface area (Å²) >= 11 is 12.6. The molecular formula is C22H18Cl3FNOP. The van der Waals surface area contributed by atoms with Crippen LogP contribution in [0.2, 0.25) is 0 Å². The van der Waals surface area contributed by atoms with E-state index in [9.17, 15) is 9.18 Å². The molecule has 1 N–H and O–H groups in total. The van der Waals surface area contributed by atoms with E-state index >= 15 is 0 Å². The fourth-order valence-corrected chi connectivity index (χ4v) is 8.14. The summed E-state index contributed by atoms with van der Waals surface area (Å²) in [6, 6.07) is 29.2. The second kappa shape index (κ2) is 10.8. The molecule has 0 heterocycles. The lowest BCUT2D eigenvalue weighted by molar-refractivity contribution is -0.121. The number of nitrogens with one attached hydrogen (secondary N) is 1. The van der Waals surface area contributed by atoms with Gasteiger partial charge in [0.1, 0.15) is 15.9 Å². The van der Waals surface area contributed by atoms with Crippen LogP contribution in [0.15, 0.2) is 101 Å². The summed E-state index contributed by atoms with van der Waals surface area (Å²) in [6.45, 7) is -1.16. The molecule has 3 aromatic carbocycles. The zero-order chi connectivity index (χ0) is 20.0. The molecular weight excluding hydrogens is 451 g/mol. The summed E-state index contributed by atoms with van der Waals surface area (Å²) in [5, 5.41) is 5.49. The van der Waals surface area contributed by atoms with Gasteiger partial charge < -0.3 is 12.4 Å². The normalized spacial score (nSPS) is 10.6. The minimum absolute atomic E-state index is 0. The van der Waals surface area contributed by atoms with Crippen molar-refractivity contribution in [1.29, 1.82) is 0 Å². The van der Waals surface area contributed by atoms with Crippen molar-refractivity contribution in [1.82, 2.24) is 5.32 Å². The average molecular weight is 469 g/mol. The number of amides is 1. The van der Waals surface area contributed by atoms with Gasteiger partial charge in [0.25, 0.3) is 5.91 Å². The number of carbonyl (C=O) groups is 1. The van der Waals surface area contributed by atoms with Gasteiger partial charge in [-0.15, -0.1) is 0 Å². The number of benzene rings is 3. The molecule has 0 radical (unpaired) electrons. The fourth-order valence-electron chi connectivity index (χ4n) is 3.21. The molecule has 0 aliphatic carbocycles. The van der Waals surface area contributed by atoms with Crippen LogP contribution in [0, 0.1) is 0 Å². The van der Waals surface area contributed by atoms with Crippen LogP contribution < -0.4 is 33.6 Å². The first-order valence-electron chi connectivity index (χ1n) is 8.58. The van der Waals surface area contributed by atoms with Crippen molar-refractivity contribution < 1.29 is 21.6 Å². The quantitative estimate of drug-likeness (QED) is 0.548. The smallest absolute Gasteiger partial charge is 0.258 e. The lowest BCUT2D eigenvalue weighted by atomic mass is 10.4. The van der Waals surface area contributed by atoms with Crippen molar-refractivity contribution >= 4 is 52.3 Å². The summed E-state index contributed by atoms with van der Waals surface area (Å²) in [5.41, 5.74) is 0.321. The van der Waals surface area contributed by atoms with Crippen molar-refractivity contribution in [3.8, 4) is 0 Å². The number of alkyl halides is 1. The standard InChI is InChI=1S/C22H17Cl2FNOP.ClH/c23-21(24)22(26-20(27)16-25)28(17-10-4-1-5-11-17,18-12-6-2-7-13-18)19-14-8-3-9-15-19;/h1-15H,16H2;1H. The third kappa shape index (κ3) is 4.82. The topological polar surface area (TPSA) is 29.1 Å².